The number of amides is 1. The van der Waals surface area contributed by atoms with Gasteiger partial charge in [-0.05, 0) is 18.6 Å². The first-order valence-corrected chi connectivity index (χ1v) is 11.7. The van der Waals surface area contributed by atoms with Crippen molar-refractivity contribution in [1.82, 2.24) is 9.80 Å². The number of likely N-dealkylation sites (N-methyl/N-ethyl adjacent to an activating group) is 1. The molecule has 1 aliphatic rings. The molecule has 0 spiro atoms. The fourth-order valence-corrected chi connectivity index (χ4v) is 4.83. The molecule has 1 heterocycles. The van der Waals surface area contributed by atoms with E-state index in [2.05, 4.69) is 0 Å². The molecule has 1 fully saturated rings. The minimum atomic E-state index is -3.02. The number of para-hydroxylation sites is 1. The summed E-state index contributed by atoms with van der Waals surface area (Å²) in [6, 6.07) is 16.8. The Hall–Kier alpha value is -2.38. The molecule has 6 nitrogen and oxygen atoms in total. The first-order chi connectivity index (χ1) is 13.9. The van der Waals surface area contributed by atoms with Gasteiger partial charge in [-0.2, -0.15) is 0 Å². The average Bonchev–Trinajstić information content (AvgIpc) is 2.72. The van der Waals surface area contributed by atoms with Gasteiger partial charge in [0.25, 0.3) is 0 Å². The molecular formula is C22H28N2O4S. The highest BCUT2D eigenvalue weighted by molar-refractivity contribution is 7.91. The van der Waals surface area contributed by atoms with E-state index in [1.807, 2.05) is 66.4 Å². The van der Waals surface area contributed by atoms with Gasteiger partial charge in [-0.3, -0.25) is 9.69 Å². The number of ether oxygens (including phenoxy) is 1. The molecular weight excluding hydrogens is 388 g/mol. The van der Waals surface area contributed by atoms with Crippen LogP contribution in [0.4, 0.5) is 0 Å². The third kappa shape index (κ3) is 5.36. The Kier molecular flexibility index (Phi) is 6.92. The number of hydrogen-bond donors (Lipinski definition) is 0. The van der Waals surface area contributed by atoms with Crippen LogP contribution >= 0.6 is 0 Å². The van der Waals surface area contributed by atoms with Crippen molar-refractivity contribution in [2.24, 2.45) is 0 Å². The van der Waals surface area contributed by atoms with Gasteiger partial charge in [0.15, 0.2) is 9.84 Å². The van der Waals surface area contributed by atoms with E-state index in [1.54, 1.807) is 11.9 Å². The number of benzene rings is 2. The van der Waals surface area contributed by atoms with Crippen LogP contribution in [0, 0.1) is 0 Å². The van der Waals surface area contributed by atoms with E-state index in [0.717, 1.165) is 16.9 Å². The molecule has 0 radical (unpaired) electrons. The Labute approximate surface area is 173 Å². The van der Waals surface area contributed by atoms with E-state index in [4.69, 9.17) is 4.74 Å². The van der Waals surface area contributed by atoms with Gasteiger partial charge < -0.3 is 9.64 Å². The van der Waals surface area contributed by atoms with E-state index in [0.29, 0.717) is 26.2 Å². The van der Waals surface area contributed by atoms with Crippen molar-refractivity contribution in [2.45, 2.75) is 19.5 Å². The van der Waals surface area contributed by atoms with Gasteiger partial charge in [-0.25, -0.2) is 8.42 Å². The fraction of sp³-hybridized carbons (Fsp3) is 0.409. The fourth-order valence-electron chi connectivity index (χ4n) is 3.60. The van der Waals surface area contributed by atoms with Crippen LogP contribution < -0.4 is 4.74 Å². The SMILES string of the molecule is CCOc1ccccc1CN(C)C(=O)C(c1ccccc1)N1CCS(=O)(=O)CC1. The highest BCUT2D eigenvalue weighted by Crippen LogP contribution is 2.27. The van der Waals surface area contributed by atoms with E-state index in [1.165, 1.54) is 0 Å². The van der Waals surface area contributed by atoms with Crippen LogP contribution in [0.3, 0.4) is 0 Å². The number of carbonyl (C=O) groups is 1. The van der Waals surface area contributed by atoms with Gasteiger partial charge >= 0.3 is 0 Å². The second kappa shape index (κ2) is 9.41. The maximum atomic E-state index is 13.5. The molecule has 7 heteroatoms. The Bertz CT molecular complexity index is 917. The van der Waals surface area contributed by atoms with Crippen LogP contribution in [0.25, 0.3) is 0 Å². The van der Waals surface area contributed by atoms with Crippen LogP contribution in [0.15, 0.2) is 54.6 Å². The lowest BCUT2D eigenvalue weighted by molar-refractivity contribution is -0.136. The summed E-state index contributed by atoms with van der Waals surface area (Å²) in [6.45, 7) is 3.63. The van der Waals surface area contributed by atoms with Gasteiger partial charge in [0.1, 0.15) is 11.8 Å². The summed E-state index contributed by atoms with van der Waals surface area (Å²) in [7, 11) is -1.24. The Morgan fingerprint density at radius 2 is 1.69 bits per heavy atom. The summed E-state index contributed by atoms with van der Waals surface area (Å²) >= 11 is 0. The minimum Gasteiger partial charge on any atom is -0.494 e. The smallest absolute Gasteiger partial charge is 0.244 e. The van der Waals surface area contributed by atoms with Gasteiger partial charge in [0, 0.05) is 32.2 Å². The first-order valence-electron chi connectivity index (χ1n) is 9.86. The number of carbonyl (C=O) groups excluding carboxylic acids is 1. The van der Waals surface area contributed by atoms with Crippen LogP contribution in [-0.2, 0) is 21.2 Å². The van der Waals surface area contributed by atoms with Gasteiger partial charge in [-0.15, -0.1) is 0 Å². The van der Waals surface area contributed by atoms with E-state index >= 15 is 0 Å². The molecule has 156 valence electrons. The molecule has 2 aromatic carbocycles. The molecule has 1 saturated heterocycles. The molecule has 1 unspecified atom stereocenters. The van der Waals surface area contributed by atoms with Crippen LogP contribution in [0.2, 0.25) is 0 Å². The van der Waals surface area contributed by atoms with Gasteiger partial charge in [0.05, 0.1) is 18.1 Å². The zero-order valence-corrected chi connectivity index (χ0v) is 17.8. The van der Waals surface area contributed by atoms with Crippen molar-refractivity contribution in [3.05, 3.63) is 65.7 Å². The monoisotopic (exact) mass is 416 g/mol. The molecule has 3 rings (SSSR count). The minimum absolute atomic E-state index is 0.0539. The van der Waals surface area contributed by atoms with Gasteiger partial charge in [0.2, 0.25) is 5.91 Å². The number of nitrogens with zero attached hydrogens (tertiary/aromatic N) is 2. The summed E-state index contributed by atoms with van der Waals surface area (Å²) in [5.74, 6) is 0.887. The third-order valence-electron chi connectivity index (χ3n) is 5.15. The normalized spacial score (nSPS) is 17.4. The molecule has 0 N–H and O–H groups in total. The lowest BCUT2D eigenvalue weighted by Gasteiger charge is -2.36. The van der Waals surface area contributed by atoms with E-state index in [-0.39, 0.29) is 17.4 Å². The molecule has 1 aliphatic heterocycles. The molecule has 29 heavy (non-hydrogen) atoms. The van der Waals surface area contributed by atoms with Crippen molar-refractivity contribution in [2.75, 3.05) is 38.2 Å². The summed E-state index contributed by atoms with van der Waals surface area (Å²) in [4.78, 5) is 17.1. The van der Waals surface area contributed by atoms with Crippen molar-refractivity contribution in [1.29, 1.82) is 0 Å². The van der Waals surface area contributed by atoms with Crippen LogP contribution in [0.1, 0.15) is 24.1 Å². The van der Waals surface area contributed by atoms with E-state index in [9.17, 15) is 13.2 Å². The molecule has 0 saturated carbocycles. The highest BCUT2D eigenvalue weighted by Gasteiger charge is 2.34. The standard InChI is InChI=1S/C22H28N2O4S/c1-3-28-20-12-8-7-11-19(20)17-23(2)22(25)21(18-9-5-4-6-10-18)24-13-15-29(26,27)16-14-24/h4-12,21H,3,13-17H2,1-2H3. The average molecular weight is 417 g/mol. The van der Waals surface area contributed by atoms with Crippen LogP contribution in [0.5, 0.6) is 5.75 Å². The Balaban J connectivity index is 1.83. The maximum absolute atomic E-state index is 13.5. The molecule has 0 aromatic heterocycles. The lowest BCUT2D eigenvalue weighted by Crippen LogP contribution is -2.47. The molecule has 0 aliphatic carbocycles. The zero-order chi connectivity index (χ0) is 20.9. The zero-order valence-electron chi connectivity index (χ0n) is 17.0. The molecule has 0 bridgehead atoms. The Morgan fingerprint density at radius 1 is 1.07 bits per heavy atom. The molecule has 2 aromatic rings. The van der Waals surface area contributed by atoms with Crippen molar-refractivity contribution in [3.8, 4) is 5.75 Å². The first kappa shape index (κ1) is 21.3. The highest BCUT2D eigenvalue weighted by atomic mass is 32.2. The van der Waals surface area contributed by atoms with Crippen molar-refractivity contribution >= 4 is 15.7 Å². The number of hydrogen-bond acceptors (Lipinski definition) is 5. The van der Waals surface area contributed by atoms with Gasteiger partial charge in [-0.1, -0.05) is 48.5 Å². The molecule has 1 atom stereocenters. The second-order valence-corrected chi connectivity index (χ2v) is 9.54. The maximum Gasteiger partial charge on any atom is 0.244 e. The van der Waals surface area contributed by atoms with Crippen molar-refractivity contribution in [3.63, 3.8) is 0 Å². The largest absolute Gasteiger partial charge is 0.494 e. The van der Waals surface area contributed by atoms with Crippen LogP contribution in [-0.4, -0.2) is 62.4 Å². The summed E-state index contributed by atoms with van der Waals surface area (Å²) < 4.78 is 29.4. The summed E-state index contributed by atoms with van der Waals surface area (Å²) in [5.41, 5.74) is 1.82. The topological polar surface area (TPSA) is 66.9 Å². The summed E-state index contributed by atoms with van der Waals surface area (Å²) in [5, 5.41) is 0. The predicted molar refractivity (Wildman–Crippen MR) is 113 cm³/mol. The molecule has 1 amide bonds. The predicted octanol–water partition coefficient (Wildman–Crippen LogP) is 2.52. The Morgan fingerprint density at radius 3 is 2.34 bits per heavy atom. The number of sulfone groups is 1. The quantitative estimate of drug-likeness (QED) is 0.694. The second-order valence-electron chi connectivity index (χ2n) is 7.24. The summed E-state index contributed by atoms with van der Waals surface area (Å²) in [6.07, 6.45) is 0. The van der Waals surface area contributed by atoms with Crippen molar-refractivity contribution < 1.29 is 17.9 Å². The number of rotatable bonds is 7. The third-order valence-corrected chi connectivity index (χ3v) is 6.76. The van der Waals surface area contributed by atoms with E-state index < -0.39 is 15.9 Å². The lowest BCUT2D eigenvalue weighted by atomic mass is 10.0.